The number of carboxylic acid groups (broad SMARTS) is 1. The summed E-state index contributed by atoms with van der Waals surface area (Å²) in [5.74, 6) is -0.541. The van der Waals surface area contributed by atoms with Crippen LogP contribution in [0, 0.1) is 11.2 Å². The quantitative estimate of drug-likeness (QED) is 0.753. The number of carboxylic acids is 1. The van der Waals surface area contributed by atoms with Gasteiger partial charge in [0.15, 0.2) is 0 Å². The maximum absolute atomic E-state index is 14.1. The number of rotatable bonds is 4. The van der Waals surface area contributed by atoms with Crippen molar-refractivity contribution in [1.82, 2.24) is 15.0 Å². The number of hydrogen-bond donors (Lipinski definition) is 2. The van der Waals surface area contributed by atoms with Crippen LogP contribution in [-0.4, -0.2) is 39.1 Å². The number of fused-ring (bicyclic) bond motifs is 1. The standard InChI is InChI=1S/C19H19FN4O2/c20-15-5-2-1-4-13(15)10-19(18(25)26)7-3-9-24(11-19)17-14-6-8-21-16(14)22-12-23-17/h1-2,4-6,8,12H,3,7,9-11H2,(H,25,26)(H,21,22,23). The second-order valence-electron chi connectivity index (χ2n) is 6.82. The molecular formula is C19H19FN4O2. The molecular weight excluding hydrogens is 335 g/mol. The zero-order valence-electron chi connectivity index (χ0n) is 14.2. The second kappa shape index (κ2) is 6.40. The van der Waals surface area contributed by atoms with E-state index in [9.17, 15) is 14.3 Å². The van der Waals surface area contributed by atoms with Gasteiger partial charge in [0.2, 0.25) is 0 Å². The molecule has 134 valence electrons. The predicted molar refractivity (Wildman–Crippen MR) is 95.5 cm³/mol. The summed E-state index contributed by atoms with van der Waals surface area (Å²) in [5, 5.41) is 10.9. The summed E-state index contributed by atoms with van der Waals surface area (Å²) < 4.78 is 14.1. The van der Waals surface area contributed by atoms with Crippen molar-refractivity contribution in [3.05, 3.63) is 54.2 Å². The monoisotopic (exact) mass is 354 g/mol. The van der Waals surface area contributed by atoms with Gasteiger partial charge in [-0.3, -0.25) is 4.79 Å². The van der Waals surface area contributed by atoms with Crippen molar-refractivity contribution in [1.29, 1.82) is 0 Å². The Morgan fingerprint density at radius 1 is 1.31 bits per heavy atom. The molecule has 7 heteroatoms. The third kappa shape index (κ3) is 2.79. The molecule has 1 aromatic carbocycles. The maximum atomic E-state index is 14.1. The molecule has 1 unspecified atom stereocenters. The summed E-state index contributed by atoms with van der Waals surface area (Å²) in [6.45, 7) is 0.998. The maximum Gasteiger partial charge on any atom is 0.311 e. The molecule has 0 spiro atoms. The third-order valence-corrected chi connectivity index (χ3v) is 5.15. The number of benzene rings is 1. The van der Waals surface area contributed by atoms with E-state index < -0.39 is 11.4 Å². The smallest absolute Gasteiger partial charge is 0.311 e. The van der Waals surface area contributed by atoms with Gasteiger partial charge in [0.1, 0.15) is 23.6 Å². The highest BCUT2D eigenvalue weighted by molar-refractivity contribution is 5.88. The van der Waals surface area contributed by atoms with Crippen LogP contribution in [0.4, 0.5) is 10.2 Å². The molecule has 26 heavy (non-hydrogen) atoms. The molecule has 1 saturated heterocycles. The van der Waals surface area contributed by atoms with E-state index in [1.807, 2.05) is 11.0 Å². The van der Waals surface area contributed by atoms with Crippen LogP contribution in [0.3, 0.4) is 0 Å². The number of nitrogens with one attached hydrogen (secondary N) is 1. The average Bonchev–Trinajstić information content (AvgIpc) is 3.12. The van der Waals surface area contributed by atoms with Gasteiger partial charge in [-0.25, -0.2) is 14.4 Å². The fourth-order valence-electron chi connectivity index (χ4n) is 3.82. The van der Waals surface area contributed by atoms with Gasteiger partial charge in [0, 0.05) is 19.3 Å². The Hall–Kier alpha value is -2.96. The van der Waals surface area contributed by atoms with E-state index in [1.165, 1.54) is 12.4 Å². The highest BCUT2D eigenvalue weighted by atomic mass is 19.1. The lowest BCUT2D eigenvalue weighted by atomic mass is 9.75. The highest BCUT2D eigenvalue weighted by Crippen LogP contribution is 2.37. The summed E-state index contributed by atoms with van der Waals surface area (Å²) in [7, 11) is 0. The summed E-state index contributed by atoms with van der Waals surface area (Å²) in [5.41, 5.74) is 0.107. The number of piperidine rings is 1. The fourth-order valence-corrected chi connectivity index (χ4v) is 3.82. The first-order valence-corrected chi connectivity index (χ1v) is 8.59. The van der Waals surface area contributed by atoms with Gasteiger partial charge in [-0.15, -0.1) is 0 Å². The van der Waals surface area contributed by atoms with Crippen LogP contribution in [0.25, 0.3) is 11.0 Å². The van der Waals surface area contributed by atoms with Crippen LogP contribution in [0.2, 0.25) is 0 Å². The Morgan fingerprint density at radius 2 is 2.15 bits per heavy atom. The van der Waals surface area contributed by atoms with Gasteiger partial charge >= 0.3 is 5.97 Å². The first-order chi connectivity index (χ1) is 12.6. The van der Waals surface area contributed by atoms with Crippen molar-refractivity contribution in [2.45, 2.75) is 19.3 Å². The first kappa shape index (κ1) is 16.5. The molecule has 4 rings (SSSR count). The minimum Gasteiger partial charge on any atom is -0.481 e. The summed E-state index contributed by atoms with van der Waals surface area (Å²) in [6.07, 6.45) is 4.64. The van der Waals surface area contributed by atoms with Gasteiger partial charge in [-0.2, -0.15) is 0 Å². The number of aromatic amines is 1. The van der Waals surface area contributed by atoms with Crippen LogP contribution in [-0.2, 0) is 11.2 Å². The van der Waals surface area contributed by atoms with E-state index in [4.69, 9.17) is 0 Å². The lowest BCUT2D eigenvalue weighted by Crippen LogP contribution is -2.49. The van der Waals surface area contributed by atoms with E-state index in [2.05, 4.69) is 15.0 Å². The number of H-pyrrole nitrogens is 1. The zero-order chi connectivity index (χ0) is 18.1. The van der Waals surface area contributed by atoms with E-state index >= 15 is 0 Å². The average molecular weight is 354 g/mol. The third-order valence-electron chi connectivity index (χ3n) is 5.15. The van der Waals surface area contributed by atoms with Crippen molar-refractivity contribution in [3.8, 4) is 0 Å². The SMILES string of the molecule is O=C(O)C1(Cc2ccccc2F)CCCN(c2ncnc3[nH]ccc23)C1. The number of hydrogen-bond acceptors (Lipinski definition) is 4. The molecule has 0 saturated carbocycles. The molecule has 3 aromatic rings. The van der Waals surface area contributed by atoms with Crippen LogP contribution in [0.1, 0.15) is 18.4 Å². The van der Waals surface area contributed by atoms with Gasteiger partial charge in [0.05, 0.1) is 10.8 Å². The Bertz CT molecular complexity index is 957. The number of halogens is 1. The minimum atomic E-state index is -1.05. The normalized spacial score (nSPS) is 20.4. The molecule has 1 aliphatic heterocycles. The summed E-state index contributed by atoms with van der Waals surface area (Å²) >= 11 is 0. The number of anilines is 1. The number of nitrogens with zero attached hydrogens (tertiary/aromatic N) is 3. The Balaban J connectivity index is 1.69. The number of carbonyl (C=O) groups is 1. The number of aromatic nitrogens is 3. The van der Waals surface area contributed by atoms with Crippen molar-refractivity contribution < 1.29 is 14.3 Å². The van der Waals surface area contributed by atoms with Gasteiger partial charge < -0.3 is 15.0 Å². The molecule has 0 bridgehead atoms. The van der Waals surface area contributed by atoms with E-state index in [0.29, 0.717) is 24.9 Å². The largest absolute Gasteiger partial charge is 0.481 e. The molecule has 3 heterocycles. The van der Waals surface area contributed by atoms with Crippen molar-refractivity contribution >= 4 is 22.8 Å². The summed E-state index contributed by atoms with van der Waals surface area (Å²) in [6, 6.07) is 8.27. The second-order valence-corrected chi connectivity index (χ2v) is 6.82. The van der Waals surface area contributed by atoms with Crippen molar-refractivity contribution in [2.75, 3.05) is 18.0 Å². The van der Waals surface area contributed by atoms with E-state index in [0.717, 1.165) is 16.9 Å². The van der Waals surface area contributed by atoms with E-state index in [1.54, 1.807) is 24.4 Å². The van der Waals surface area contributed by atoms with E-state index in [-0.39, 0.29) is 18.8 Å². The molecule has 1 aliphatic rings. The molecule has 0 radical (unpaired) electrons. The molecule has 0 aliphatic carbocycles. The molecule has 6 nitrogen and oxygen atoms in total. The molecule has 0 amide bonds. The van der Waals surface area contributed by atoms with Crippen LogP contribution in [0.15, 0.2) is 42.9 Å². The lowest BCUT2D eigenvalue weighted by Gasteiger charge is -2.40. The predicted octanol–water partition coefficient (Wildman–Crippen LogP) is 3.01. The van der Waals surface area contributed by atoms with Crippen LogP contribution < -0.4 is 4.90 Å². The van der Waals surface area contributed by atoms with Crippen molar-refractivity contribution in [3.63, 3.8) is 0 Å². The Morgan fingerprint density at radius 3 is 2.96 bits per heavy atom. The molecule has 2 N–H and O–H groups in total. The molecule has 1 atom stereocenters. The first-order valence-electron chi connectivity index (χ1n) is 8.59. The lowest BCUT2D eigenvalue weighted by molar-refractivity contribution is -0.149. The summed E-state index contributed by atoms with van der Waals surface area (Å²) in [4.78, 5) is 25.8. The minimum absolute atomic E-state index is 0.160. The molecule has 1 fully saturated rings. The Kier molecular flexibility index (Phi) is 4.06. The van der Waals surface area contributed by atoms with Gasteiger partial charge in [0.25, 0.3) is 0 Å². The van der Waals surface area contributed by atoms with Gasteiger partial charge in [-0.1, -0.05) is 18.2 Å². The zero-order valence-corrected chi connectivity index (χ0v) is 14.2. The van der Waals surface area contributed by atoms with Gasteiger partial charge in [-0.05, 0) is 37.0 Å². The fraction of sp³-hybridized carbons (Fsp3) is 0.316. The highest BCUT2D eigenvalue weighted by Gasteiger charge is 2.43. The van der Waals surface area contributed by atoms with Crippen molar-refractivity contribution in [2.24, 2.45) is 5.41 Å². The Labute approximate surface area is 149 Å². The van der Waals surface area contributed by atoms with Crippen LogP contribution >= 0.6 is 0 Å². The topological polar surface area (TPSA) is 82.1 Å². The number of aliphatic carboxylic acids is 1. The molecule has 2 aromatic heterocycles. The van der Waals surface area contributed by atoms with Crippen LogP contribution in [0.5, 0.6) is 0 Å².